The highest BCUT2D eigenvalue weighted by Crippen LogP contribution is 2.35. The zero-order chi connectivity index (χ0) is 24.9. The van der Waals surface area contributed by atoms with E-state index >= 15 is 0 Å². The summed E-state index contributed by atoms with van der Waals surface area (Å²) in [6.07, 6.45) is 3.15. The molecule has 10 nitrogen and oxygen atoms in total. The summed E-state index contributed by atoms with van der Waals surface area (Å²) in [5, 5.41) is 14.2. The highest BCUT2D eigenvalue weighted by Gasteiger charge is 2.20. The number of halogens is 2. The van der Waals surface area contributed by atoms with Gasteiger partial charge >= 0.3 is 5.69 Å². The van der Waals surface area contributed by atoms with Gasteiger partial charge in [-0.3, -0.25) is 15.1 Å². The molecule has 0 bridgehead atoms. The van der Waals surface area contributed by atoms with Gasteiger partial charge in [0.1, 0.15) is 23.9 Å². The van der Waals surface area contributed by atoms with Crippen LogP contribution in [-0.2, 0) is 6.61 Å². The zero-order valence-electron chi connectivity index (χ0n) is 18.2. The maximum Gasteiger partial charge on any atom is 0.307 e. The number of nitrogens with one attached hydrogen (secondary N) is 1. The minimum absolute atomic E-state index is 0.0341. The Bertz CT molecular complexity index is 1390. The van der Waals surface area contributed by atoms with Gasteiger partial charge in [0.25, 0.3) is 0 Å². The summed E-state index contributed by atoms with van der Waals surface area (Å²) < 4.78 is 24.7. The van der Waals surface area contributed by atoms with Crippen LogP contribution in [0.1, 0.15) is 5.69 Å². The number of hydrogen-bond acceptors (Lipinski definition) is 9. The van der Waals surface area contributed by atoms with E-state index in [1.807, 2.05) is 18.2 Å². The van der Waals surface area contributed by atoms with Crippen molar-refractivity contribution in [2.75, 3.05) is 18.2 Å². The lowest BCUT2D eigenvalue weighted by atomic mass is 10.1. The van der Waals surface area contributed by atoms with E-state index in [1.165, 1.54) is 13.3 Å². The molecule has 0 amide bonds. The van der Waals surface area contributed by atoms with E-state index in [0.717, 1.165) is 17.8 Å². The molecule has 4 rings (SSSR count). The average Bonchev–Trinajstić information content (AvgIpc) is 2.84. The highest BCUT2D eigenvalue weighted by atomic mass is 35.5. The Morgan fingerprint density at radius 1 is 1.17 bits per heavy atom. The van der Waals surface area contributed by atoms with Crippen molar-refractivity contribution in [2.45, 2.75) is 6.61 Å². The van der Waals surface area contributed by atoms with Crippen molar-refractivity contribution in [2.24, 2.45) is 0 Å². The molecule has 35 heavy (non-hydrogen) atoms. The van der Waals surface area contributed by atoms with E-state index in [2.05, 4.69) is 20.3 Å². The topological polar surface area (TPSA) is 138 Å². The van der Waals surface area contributed by atoms with E-state index in [9.17, 15) is 14.5 Å². The van der Waals surface area contributed by atoms with Crippen LogP contribution in [0.5, 0.6) is 11.5 Å². The minimum Gasteiger partial charge on any atom is -0.494 e. The van der Waals surface area contributed by atoms with Crippen LogP contribution in [0.25, 0.3) is 11.1 Å². The van der Waals surface area contributed by atoms with Crippen LogP contribution in [0.15, 0.2) is 60.9 Å². The summed E-state index contributed by atoms with van der Waals surface area (Å²) in [4.78, 5) is 22.8. The number of nitrogens with two attached hydrogens (primary N) is 1. The molecule has 2 heterocycles. The third kappa shape index (κ3) is 5.36. The molecule has 4 aromatic rings. The Labute approximate surface area is 203 Å². The molecule has 3 N–H and O–H groups in total. The predicted octanol–water partition coefficient (Wildman–Crippen LogP) is 5.15. The summed E-state index contributed by atoms with van der Waals surface area (Å²) in [6, 6.07) is 12.6. The fraction of sp³-hybridized carbons (Fsp3) is 0.0870. The number of nitrogens with zero attached hydrogens (tertiary/aromatic N) is 4. The van der Waals surface area contributed by atoms with Crippen LogP contribution < -0.4 is 20.5 Å². The molecule has 0 fully saturated rings. The zero-order valence-corrected chi connectivity index (χ0v) is 19.0. The number of benzene rings is 2. The second kappa shape index (κ2) is 10.2. The maximum absolute atomic E-state index is 13.9. The molecular weight excluding hydrogens is 479 g/mol. The number of anilines is 3. The molecule has 0 unspecified atom stereocenters. The monoisotopic (exact) mass is 496 g/mol. The molecule has 0 atom stereocenters. The van der Waals surface area contributed by atoms with Gasteiger partial charge in [-0.15, -0.1) is 0 Å². The normalized spacial score (nSPS) is 10.6. The molecule has 0 radical (unpaired) electrons. The van der Waals surface area contributed by atoms with Crippen LogP contribution in [0.4, 0.5) is 27.5 Å². The number of methoxy groups -OCH3 is 1. The first kappa shape index (κ1) is 23.6. The smallest absolute Gasteiger partial charge is 0.307 e. The summed E-state index contributed by atoms with van der Waals surface area (Å²) in [6.45, 7) is 0.260. The Morgan fingerprint density at radius 3 is 2.66 bits per heavy atom. The quantitative estimate of drug-likeness (QED) is 0.250. The summed E-state index contributed by atoms with van der Waals surface area (Å²) >= 11 is 6.38. The molecule has 0 aliphatic rings. The summed E-state index contributed by atoms with van der Waals surface area (Å²) in [5.41, 5.74) is 7.43. The Balaban J connectivity index is 1.54. The van der Waals surface area contributed by atoms with Crippen molar-refractivity contribution in [3.63, 3.8) is 0 Å². The first-order valence-corrected chi connectivity index (χ1v) is 10.5. The van der Waals surface area contributed by atoms with Crippen LogP contribution >= 0.6 is 11.6 Å². The Kier molecular flexibility index (Phi) is 6.88. The number of nitrogen functional groups attached to an aromatic ring is 1. The van der Waals surface area contributed by atoms with Gasteiger partial charge in [-0.05, 0) is 29.8 Å². The fourth-order valence-electron chi connectivity index (χ4n) is 3.17. The van der Waals surface area contributed by atoms with E-state index in [1.54, 1.807) is 24.4 Å². The van der Waals surface area contributed by atoms with Crippen molar-refractivity contribution in [3.8, 4) is 22.6 Å². The van der Waals surface area contributed by atoms with Gasteiger partial charge in [-0.2, -0.15) is 9.37 Å². The van der Waals surface area contributed by atoms with Crippen LogP contribution in [0.3, 0.4) is 0 Å². The van der Waals surface area contributed by atoms with Gasteiger partial charge in [-0.1, -0.05) is 23.7 Å². The fourth-order valence-corrected chi connectivity index (χ4v) is 3.40. The number of ether oxygens (including phenoxy) is 2. The highest BCUT2D eigenvalue weighted by molar-refractivity contribution is 6.32. The van der Waals surface area contributed by atoms with E-state index in [-0.39, 0.29) is 29.8 Å². The van der Waals surface area contributed by atoms with Gasteiger partial charge in [-0.25, -0.2) is 4.98 Å². The summed E-state index contributed by atoms with van der Waals surface area (Å²) in [5.74, 6) is -0.364. The second-order valence-corrected chi connectivity index (χ2v) is 7.54. The average molecular weight is 497 g/mol. The third-order valence-corrected chi connectivity index (χ3v) is 5.17. The maximum atomic E-state index is 13.9. The molecule has 178 valence electrons. The third-order valence-electron chi connectivity index (χ3n) is 4.87. The van der Waals surface area contributed by atoms with Gasteiger partial charge in [0, 0.05) is 30.1 Å². The van der Waals surface area contributed by atoms with Crippen molar-refractivity contribution >= 4 is 34.7 Å². The lowest BCUT2D eigenvalue weighted by molar-refractivity contribution is -0.387. The van der Waals surface area contributed by atoms with Gasteiger partial charge in [0.15, 0.2) is 0 Å². The van der Waals surface area contributed by atoms with Crippen molar-refractivity contribution in [1.82, 2.24) is 15.0 Å². The molecule has 0 saturated heterocycles. The molecule has 2 aromatic carbocycles. The van der Waals surface area contributed by atoms with E-state index in [0.29, 0.717) is 21.9 Å². The minimum atomic E-state index is -1.03. The number of pyridine rings is 1. The second-order valence-electron chi connectivity index (χ2n) is 7.13. The number of nitro groups is 1. The van der Waals surface area contributed by atoms with Gasteiger partial charge in [0.2, 0.25) is 11.8 Å². The SMILES string of the molecule is COc1cc(F)c([N+](=O)[O-])cc1Nc1ncc(-c2ccc(OCc3ccccn3)c(Cl)c2)c(N)n1. The van der Waals surface area contributed by atoms with Crippen LogP contribution in [-0.4, -0.2) is 27.0 Å². The number of aromatic nitrogens is 3. The summed E-state index contributed by atoms with van der Waals surface area (Å²) in [7, 11) is 1.30. The lowest BCUT2D eigenvalue weighted by Gasteiger charge is -2.13. The van der Waals surface area contributed by atoms with Crippen LogP contribution in [0, 0.1) is 15.9 Å². The van der Waals surface area contributed by atoms with Crippen molar-refractivity contribution in [1.29, 1.82) is 0 Å². The Hall–Kier alpha value is -4.51. The lowest BCUT2D eigenvalue weighted by Crippen LogP contribution is -2.04. The molecule has 2 aromatic heterocycles. The molecular formula is C23H18ClFN6O4. The molecule has 0 spiro atoms. The molecule has 0 saturated carbocycles. The molecule has 0 aliphatic heterocycles. The van der Waals surface area contributed by atoms with Crippen molar-refractivity contribution in [3.05, 3.63) is 87.6 Å². The standard InChI is InChI=1S/C23H18ClFN6O4/c1-34-21-9-17(25)19(31(32)33)10-18(21)29-23-28-11-15(22(26)30-23)13-5-6-20(16(24)8-13)35-12-14-4-2-3-7-27-14/h2-11H,12H2,1H3,(H3,26,28,29,30). The van der Waals surface area contributed by atoms with Gasteiger partial charge < -0.3 is 20.5 Å². The molecule has 12 heteroatoms. The largest absolute Gasteiger partial charge is 0.494 e. The molecule has 0 aliphatic carbocycles. The predicted molar refractivity (Wildman–Crippen MR) is 128 cm³/mol. The number of nitro benzene ring substituents is 1. The van der Waals surface area contributed by atoms with E-state index < -0.39 is 16.4 Å². The Morgan fingerprint density at radius 2 is 2.00 bits per heavy atom. The van der Waals surface area contributed by atoms with Crippen molar-refractivity contribution < 1.29 is 18.8 Å². The van der Waals surface area contributed by atoms with Gasteiger partial charge in [0.05, 0.1) is 28.4 Å². The van der Waals surface area contributed by atoms with E-state index in [4.69, 9.17) is 26.8 Å². The number of rotatable bonds is 8. The number of hydrogen-bond donors (Lipinski definition) is 2. The van der Waals surface area contributed by atoms with Crippen LogP contribution in [0.2, 0.25) is 5.02 Å². The first-order valence-electron chi connectivity index (χ1n) is 10.1. The first-order chi connectivity index (χ1) is 16.9.